The highest BCUT2D eigenvalue weighted by molar-refractivity contribution is 5.80. The van der Waals surface area contributed by atoms with Crippen molar-refractivity contribution in [1.29, 1.82) is 0 Å². The van der Waals surface area contributed by atoms with E-state index in [0.29, 0.717) is 12.8 Å². The van der Waals surface area contributed by atoms with Gasteiger partial charge in [0.05, 0.1) is 18.8 Å². The summed E-state index contributed by atoms with van der Waals surface area (Å²) in [5.41, 5.74) is 0. The summed E-state index contributed by atoms with van der Waals surface area (Å²) in [6.45, 7) is 4.08. The Balaban J connectivity index is 3.58. The van der Waals surface area contributed by atoms with Crippen LogP contribution in [0.5, 0.6) is 0 Å². The minimum atomic E-state index is -1.25. The quantitative estimate of drug-likeness (QED) is 0.0393. The molecule has 0 bridgehead atoms. The fourth-order valence-electron chi connectivity index (χ4n) is 8.47. The molecule has 0 aromatic carbocycles. The zero-order valence-corrected chi connectivity index (χ0v) is 38.6. The maximum absolute atomic E-state index is 12.5. The molecule has 6 heteroatoms. The molecule has 0 fully saturated rings. The summed E-state index contributed by atoms with van der Waals surface area (Å²) in [6, 6.07) is -0.979. The Kier molecular flexibility index (Phi) is 45.8. The lowest BCUT2D eigenvalue weighted by molar-refractivity contribution is -0.132. The largest absolute Gasteiger partial charge is 0.394 e. The normalized spacial score (nSPS) is 13.9. The van der Waals surface area contributed by atoms with E-state index in [2.05, 4.69) is 19.2 Å². The van der Waals surface area contributed by atoms with E-state index in [1.807, 2.05) is 0 Å². The van der Waals surface area contributed by atoms with Crippen LogP contribution in [0, 0.1) is 0 Å². The van der Waals surface area contributed by atoms with Gasteiger partial charge in [-0.3, -0.25) is 4.79 Å². The number of carbonyl (C=O) groups is 1. The first-order valence-corrected chi connectivity index (χ1v) is 25.9. The predicted octanol–water partition coefficient (Wildman–Crippen LogP) is 14.4. The van der Waals surface area contributed by atoms with Crippen molar-refractivity contribution in [1.82, 2.24) is 5.32 Å². The Morgan fingerprint density at radius 3 is 0.842 bits per heavy atom. The van der Waals surface area contributed by atoms with Crippen molar-refractivity contribution >= 4 is 5.91 Å². The van der Waals surface area contributed by atoms with Gasteiger partial charge in [-0.2, -0.15) is 0 Å². The molecular weight excluding hydrogens is 707 g/mol. The van der Waals surface area contributed by atoms with Crippen molar-refractivity contribution in [2.45, 2.75) is 314 Å². The first-order valence-electron chi connectivity index (χ1n) is 25.9. The molecule has 5 N–H and O–H groups in total. The van der Waals surface area contributed by atoms with E-state index in [1.54, 1.807) is 0 Å². The van der Waals surface area contributed by atoms with Crippen molar-refractivity contribution in [2.24, 2.45) is 0 Å². The van der Waals surface area contributed by atoms with Crippen LogP contribution >= 0.6 is 0 Å². The van der Waals surface area contributed by atoms with Crippen LogP contribution < -0.4 is 5.32 Å². The zero-order valence-electron chi connectivity index (χ0n) is 38.6. The molecule has 0 saturated heterocycles. The monoisotopic (exact) mass is 810 g/mol. The number of hydrogen-bond acceptors (Lipinski definition) is 5. The minimum absolute atomic E-state index is 0.375. The van der Waals surface area contributed by atoms with Crippen LogP contribution in [0.1, 0.15) is 290 Å². The van der Waals surface area contributed by atoms with Gasteiger partial charge < -0.3 is 25.7 Å². The van der Waals surface area contributed by atoms with Gasteiger partial charge in [-0.15, -0.1) is 0 Å². The summed E-state index contributed by atoms with van der Waals surface area (Å²) in [4.78, 5) is 12.5. The molecule has 0 aliphatic heterocycles. The molecule has 1 amide bonds. The highest BCUT2D eigenvalue weighted by Gasteiger charge is 2.28. The maximum atomic E-state index is 12.5. The Hall–Kier alpha value is -0.690. The van der Waals surface area contributed by atoms with E-state index in [9.17, 15) is 25.2 Å². The molecule has 342 valence electrons. The summed E-state index contributed by atoms with van der Waals surface area (Å²) in [7, 11) is 0. The second kappa shape index (κ2) is 46.4. The number of rotatable bonds is 48. The highest BCUT2D eigenvalue weighted by atomic mass is 16.3. The number of carbonyl (C=O) groups excluding carboxylic acids is 1. The van der Waals surface area contributed by atoms with E-state index in [-0.39, 0.29) is 0 Å². The summed E-state index contributed by atoms with van der Waals surface area (Å²) in [5.74, 6) is -0.578. The topological polar surface area (TPSA) is 110 Å². The molecule has 4 atom stereocenters. The lowest BCUT2D eigenvalue weighted by Gasteiger charge is -2.27. The van der Waals surface area contributed by atoms with E-state index < -0.39 is 36.9 Å². The molecule has 57 heavy (non-hydrogen) atoms. The summed E-state index contributed by atoms with van der Waals surface area (Å²) in [5, 5.41) is 43.8. The van der Waals surface area contributed by atoms with Crippen molar-refractivity contribution in [2.75, 3.05) is 6.61 Å². The molecule has 0 aliphatic carbocycles. The van der Waals surface area contributed by atoms with Gasteiger partial charge in [0, 0.05) is 0 Å². The van der Waals surface area contributed by atoms with Crippen LogP contribution in [0.15, 0.2) is 0 Å². The van der Waals surface area contributed by atoms with Crippen LogP contribution in [0.4, 0.5) is 0 Å². The molecule has 0 spiro atoms. The lowest BCUT2D eigenvalue weighted by Crippen LogP contribution is -2.53. The number of amides is 1. The molecule has 0 saturated carbocycles. The Morgan fingerprint density at radius 1 is 0.368 bits per heavy atom. The average molecular weight is 810 g/mol. The van der Waals surface area contributed by atoms with Gasteiger partial charge >= 0.3 is 0 Å². The Morgan fingerprint density at radius 2 is 0.596 bits per heavy atom. The maximum Gasteiger partial charge on any atom is 0.249 e. The first-order chi connectivity index (χ1) is 28.0. The lowest BCUT2D eigenvalue weighted by atomic mass is 9.99. The van der Waals surface area contributed by atoms with Crippen LogP contribution in [-0.2, 0) is 4.79 Å². The standard InChI is InChI=1S/C51H103NO5/c1-3-5-7-9-11-13-15-17-19-20-21-22-23-24-25-26-27-28-29-30-31-33-34-36-38-40-42-44-48(54)50(56)47(46-53)52-51(57)49(55)45-43-41-39-37-35-32-18-16-14-12-10-8-6-4-2/h47-50,53-56H,3-46H2,1-2H3,(H,52,57). The number of hydrogen-bond donors (Lipinski definition) is 5. The Labute approximate surface area is 356 Å². The molecular formula is C51H103NO5. The van der Waals surface area contributed by atoms with Crippen LogP contribution in [0.3, 0.4) is 0 Å². The van der Waals surface area contributed by atoms with Gasteiger partial charge in [0.25, 0.3) is 0 Å². The summed E-state index contributed by atoms with van der Waals surface area (Å²) in [6.07, 6.45) is 51.6. The van der Waals surface area contributed by atoms with Gasteiger partial charge in [-0.05, 0) is 12.8 Å². The van der Waals surface area contributed by atoms with E-state index in [0.717, 1.165) is 38.5 Å². The number of aliphatic hydroxyl groups is 4. The van der Waals surface area contributed by atoms with Gasteiger partial charge in [0.15, 0.2) is 0 Å². The van der Waals surface area contributed by atoms with Gasteiger partial charge in [-0.1, -0.05) is 277 Å². The molecule has 0 aromatic heterocycles. The number of nitrogens with one attached hydrogen (secondary N) is 1. The first kappa shape index (κ1) is 56.3. The van der Waals surface area contributed by atoms with E-state index >= 15 is 0 Å². The number of aliphatic hydroxyl groups excluding tert-OH is 4. The van der Waals surface area contributed by atoms with Crippen molar-refractivity contribution in [3.63, 3.8) is 0 Å². The molecule has 0 aromatic rings. The van der Waals surface area contributed by atoms with E-state index in [1.165, 1.54) is 225 Å². The zero-order chi connectivity index (χ0) is 41.7. The van der Waals surface area contributed by atoms with Crippen LogP contribution in [-0.4, -0.2) is 57.3 Å². The smallest absolute Gasteiger partial charge is 0.249 e. The molecule has 0 radical (unpaired) electrons. The summed E-state index contributed by atoms with van der Waals surface area (Å²) >= 11 is 0. The SMILES string of the molecule is CCCCCCCCCCCCCCCCCCCCCCCCCCCCCC(O)C(O)C(CO)NC(=O)C(O)CCCCCCCCCCCCCCCC. The second-order valence-electron chi connectivity index (χ2n) is 18.2. The molecule has 0 heterocycles. The third-order valence-electron chi connectivity index (χ3n) is 12.6. The van der Waals surface area contributed by atoms with Crippen LogP contribution in [0.25, 0.3) is 0 Å². The highest BCUT2D eigenvalue weighted by Crippen LogP contribution is 2.18. The minimum Gasteiger partial charge on any atom is -0.394 e. The molecule has 0 rings (SSSR count). The van der Waals surface area contributed by atoms with Gasteiger partial charge in [-0.25, -0.2) is 0 Å². The summed E-state index contributed by atoms with van der Waals surface area (Å²) < 4.78 is 0. The van der Waals surface area contributed by atoms with Crippen LogP contribution in [0.2, 0.25) is 0 Å². The fraction of sp³-hybridized carbons (Fsp3) is 0.980. The van der Waals surface area contributed by atoms with E-state index in [4.69, 9.17) is 0 Å². The second-order valence-corrected chi connectivity index (χ2v) is 18.2. The fourth-order valence-corrected chi connectivity index (χ4v) is 8.47. The van der Waals surface area contributed by atoms with Crippen molar-refractivity contribution < 1.29 is 25.2 Å². The van der Waals surface area contributed by atoms with Crippen molar-refractivity contribution in [3.05, 3.63) is 0 Å². The van der Waals surface area contributed by atoms with Gasteiger partial charge in [0.1, 0.15) is 12.2 Å². The Bertz CT molecular complexity index is 781. The molecule has 0 aliphatic rings. The van der Waals surface area contributed by atoms with Crippen molar-refractivity contribution in [3.8, 4) is 0 Å². The number of unbranched alkanes of at least 4 members (excludes halogenated alkanes) is 39. The van der Waals surface area contributed by atoms with Gasteiger partial charge in [0.2, 0.25) is 5.91 Å². The third-order valence-corrected chi connectivity index (χ3v) is 12.6. The molecule has 6 nitrogen and oxygen atoms in total. The average Bonchev–Trinajstić information content (AvgIpc) is 3.22. The molecule has 4 unspecified atom stereocenters. The third kappa shape index (κ3) is 40.5. The predicted molar refractivity (Wildman–Crippen MR) is 247 cm³/mol.